The van der Waals surface area contributed by atoms with Crippen LogP contribution < -0.4 is 4.74 Å². The number of fused-ring (bicyclic) bond motifs is 1. The van der Waals surface area contributed by atoms with Gasteiger partial charge >= 0.3 is 0 Å². The molecule has 0 unspecified atom stereocenters. The predicted octanol–water partition coefficient (Wildman–Crippen LogP) is 4.09. The number of carbonyl (C=O) groups excluding carboxylic acids is 1. The maximum atomic E-state index is 13.0. The van der Waals surface area contributed by atoms with Crippen molar-refractivity contribution in [2.75, 3.05) is 7.11 Å². The lowest BCUT2D eigenvalue weighted by molar-refractivity contribution is 0.0965. The first-order chi connectivity index (χ1) is 12.7. The van der Waals surface area contributed by atoms with Crippen molar-refractivity contribution in [3.63, 3.8) is 0 Å². The zero-order chi connectivity index (χ0) is 18.1. The first-order valence-electron chi connectivity index (χ1n) is 8.20. The molecular formula is C21H17NO4. The zero-order valence-electron chi connectivity index (χ0n) is 14.2. The molecule has 0 radical (unpaired) electrons. The summed E-state index contributed by atoms with van der Waals surface area (Å²) in [4.78, 5) is 13.0. The number of ether oxygens (including phenoxy) is 1. The summed E-state index contributed by atoms with van der Waals surface area (Å²) in [5, 5.41) is 10.1. The summed E-state index contributed by atoms with van der Waals surface area (Å²) >= 11 is 0. The van der Waals surface area contributed by atoms with Crippen LogP contribution in [0.1, 0.15) is 16.1 Å². The van der Waals surface area contributed by atoms with E-state index in [1.807, 2.05) is 24.3 Å². The Hall–Kier alpha value is -3.31. The number of carbonyl (C=O) groups is 1. The average molecular weight is 347 g/mol. The lowest BCUT2D eigenvalue weighted by atomic mass is 10.1. The Morgan fingerprint density at radius 3 is 2.54 bits per heavy atom. The van der Waals surface area contributed by atoms with Gasteiger partial charge in [0.05, 0.1) is 12.6 Å². The summed E-state index contributed by atoms with van der Waals surface area (Å²) < 4.78 is 12.4. The van der Waals surface area contributed by atoms with Crippen molar-refractivity contribution in [2.45, 2.75) is 6.61 Å². The molecule has 4 rings (SSSR count). The monoisotopic (exact) mass is 347 g/mol. The summed E-state index contributed by atoms with van der Waals surface area (Å²) in [5.41, 5.74) is 2.17. The standard InChI is InChI=1S/C21H17NO4/c1-25-15-8-6-14(7-9-15)21(24)22-12-18(17-4-2-3-5-19(17)22)20-11-10-16(13-23)26-20/h2-12,23H,13H2,1H3. The second-order valence-corrected chi connectivity index (χ2v) is 5.89. The number of hydrogen-bond donors (Lipinski definition) is 1. The van der Waals surface area contributed by atoms with Crippen LogP contribution in [0.2, 0.25) is 0 Å². The van der Waals surface area contributed by atoms with E-state index in [-0.39, 0.29) is 12.5 Å². The fourth-order valence-electron chi connectivity index (χ4n) is 3.02. The highest BCUT2D eigenvalue weighted by Crippen LogP contribution is 2.32. The lowest BCUT2D eigenvalue weighted by Crippen LogP contribution is -2.10. The number of para-hydroxylation sites is 1. The van der Waals surface area contributed by atoms with Crippen molar-refractivity contribution in [2.24, 2.45) is 0 Å². The number of furan rings is 1. The molecule has 5 nitrogen and oxygen atoms in total. The van der Waals surface area contributed by atoms with Crippen LogP contribution in [0.15, 0.2) is 71.3 Å². The molecule has 4 aromatic rings. The Kier molecular flexibility index (Phi) is 4.07. The molecule has 130 valence electrons. The maximum Gasteiger partial charge on any atom is 0.262 e. The van der Waals surface area contributed by atoms with E-state index >= 15 is 0 Å². The molecule has 0 amide bonds. The molecule has 0 aliphatic heterocycles. The van der Waals surface area contributed by atoms with E-state index in [4.69, 9.17) is 9.15 Å². The molecule has 2 aromatic carbocycles. The minimum atomic E-state index is -0.163. The molecule has 1 N–H and O–H groups in total. The Balaban J connectivity index is 1.83. The Morgan fingerprint density at radius 2 is 1.85 bits per heavy atom. The van der Waals surface area contributed by atoms with Gasteiger partial charge in [0.2, 0.25) is 0 Å². The topological polar surface area (TPSA) is 64.6 Å². The molecule has 0 saturated heterocycles. The third-order valence-corrected chi connectivity index (χ3v) is 4.35. The molecule has 0 saturated carbocycles. The van der Waals surface area contributed by atoms with Gasteiger partial charge in [0.1, 0.15) is 23.9 Å². The third kappa shape index (κ3) is 2.68. The highest BCUT2D eigenvalue weighted by Gasteiger charge is 2.18. The molecule has 0 bridgehead atoms. The van der Waals surface area contributed by atoms with E-state index in [0.717, 1.165) is 16.5 Å². The van der Waals surface area contributed by atoms with Gasteiger partial charge in [-0.05, 0) is 42.5 Å². The van der Waals surface area contributed by atoms with Gasteiger partial charge < -0.3 is 14.3 Å². The van der Waals surface area contributed by atoms with E-state index in [2.05, 4.69) is 0 Å². The summed E-state index contributed by atoms with van der Waals surface area (Å²) in [5.74, 6) is 1.67. The fourth-order valence-corrected chi connectivity index (χ4v) is 3.02. The number of nitrogens with zero attached hydrogens (tertiary/aromatic N) is 1. The Morgan fingerprint density at radius 1 is 1.08 bits per heavy atom. The molecule has 0 atom stereocenters. The van der Waals surface area contributed by atoms with Crippen LogP contribution in [0.3, 0.4) is 0 Å². The molecule has 0 aliphatic rings. The Bertz CT molecular complexity index is 1070. The van der Waals surface area contributed by atoms with Gasteiger partial charge in [0, 0.05) is 22.7 Å². The molecule has 2 aromatic heterocycles. The van der Waals surface area contributed by atoms with E-state index < -0.39 is 0 Å². The minimum Gasteiger partial charge on any atom is -0.497 e. The number of aromatic nitrogens is 1. The number of aliphatic hydroxyl groups excluding tert-OH is 1. The second kappa shape index (κ2) is 6.54. The SMILES string of the molecule is COc1ccc(C(=O)n2cc(-c3ccc(CO)o3)c3ccccc32)cc1. The lowest BCUT2D eigenvalue weighted by Gasteiger charge is -2.05. The van der Waals surface area contributed by atoms with E-state index in [1.54, 1.807) is 54.3 Å². The van der Waals surface area contributed by atoms with Crippen molar-refractivity contribution in [1.29, 1.82) is 0 Å². The van der Waals surface area contributed by atoms with Crippen molar-refractivity contribution in [3.05, 3.63) is 78.2 Å². The van der Waals surface area contributed by atoms with Crippen molar-refractivity contribution in [1.82, 2.24) is 4.57 Å². The quantitative estimate of drug-likeness (QED) is 0.604. The highest BCUT2D eigenvalue weighted by atomic mass is 16.5. The van der Waals surface area contributed by atoms with Gasteiger partial charge in [-0.25, -0.2) is 0 Å². The summed E-state index contributed by atoms with van der Waals surface area (Å²) in [6.07, 6.45) is 1.78. The van der Waals surface area contributed by atoms with Crippen LogP contribution >= 0.6 is 0 Å². The van der Waals surface area contributed by atoms with Gasteiger partial charge in [-0.15, -0.1) is 0 Å². The number of methoxy groups -OCH3 is 1. The number of hydrogen-bond acceptors (Lipinski definition) is 4. The van der Waals surface area contributed by atoms with Gasteiger partial charge in [0.15, 0.2) is 0 Å². The van der Waals surface area contributed by atoms with Crippen molar-refractivity contribution < 1.29 is 19.1 Å². The molecule has 26 heavy (non-hydrogen) atoms. The van der Waals surface area contributed by atoms with Gasteiger partial charge in [-0.3, -0.25) is 9.36 Å². The minimum absolute atomic E-state index is 0.135. The fraction of sp³-hybridized carbons (Fsp3) is 0.0952. The van der Waals surface area contributed by atoms with Crippen molar-refractivity contribution in [3.8, 4) is 17.1 Å². The third-order valence-electron chi connectivity index (χ3n) is 4.35. The number of benzene rings is 2. The largest absolute Gasteiger partial charge is 0.497 e. The second-order valence-electron chi connectivity index (χ2n) is 5.89. The Labute approximate surface area is 150 Å². The maximum absolute atomic E-state index is 13.0. The molecule has 5 heteroatoms. The van der Waals surface area contributed by atoms with Crippen LogP contribution in [0, 0.1) is 0 Å². The van der Waals surface area contributed by atoms with Crippen LogP contribution in [-0.4, -0.2) is 22.7 Å². The summed E-state index contributed by atoms with van der Waals surface area (Å²) in [6.45, 7) is -0.163. The van der Waals surface area contributed by atoms with Crippen LogP contribution in [0.5, 0.6) is 5.75 Å². The average Bonchev–Trinajstić information content (AvgIpc) is 3.32. The first-order valence-corrected chi connectivity index (χ1v) is 8.20. The number of rotatable bonds is 4. The van der Waals surface area contributed by atoms with Crippen LogP contribution in [-0.2, 0) is 6.61 Å². The molecule has 2 heterocycles. The predicted molar refractivity (Wildman–Crippen MR) is 98.3 cm³/mol. The van der Waals surface area contributed by atoms with E-state index in [1.165, 1.54) is 0 Å². The number of aliphatic hydroxyl groups is 1. The normalized spacial score (nSPS) is 11.0. The van der Waals surface area contributed by atoms with E-state index in [0.29, 0.717) is 22.8 Å². The van der Waals surface area contributed by atoms with E-state index in [9.17, 15) is 9.90 Å². The highest BCUT2D eigenvalue weighted by molar-refractivity contribution is 6.06. The van der Waals surface area contributed by atoms with Gasteiger partial charge in [-0.2, -0.15) is 0 Å². The summed E-state index contributed by atoms with van der Waals surface area (Å²) in [6, 6.07) is 18.2. The molecular weight excluding hydrogens is 330 g/mol. The first kappa shape index (κ1) is 16.2. The summed E-state index contributed by atoms with van der Waals surface area (Å²) in [7, 11) is 1.59. The molecule has 0 aliphatic carbocycles. The van der Waals surface area contributed by atoms with Gasteiger partial charge in [-0.1, -0.05) is 18.2 Å². The van der Waals surface area contributed by atoms with Crippen LogP contribution in [0.4, 0.5) is 0 Å². The molecule has 0 spiro atoms. The van der Waals surface area contributed by atoms with Crippen LogP contribution in [0.25, 0.3) is 22.2 Å². The zero-order valence-corrected chi connectivity index (χ0v) is 14.2. The smallest absolute Gasteiger partial charge is 0.262 e. The van der Waals surface area contributed by atoms with Crippen molar-refractivity contribution >= 4 is 16.8 Å². The van der Waals surface area contributed by atoms with Gasteiger partial charge in [0.25, 0.3) is 5.91 Å². The molecule has 0 fully saturated rings.